The Balaban J connectivity index is 1.53. The smallest absolute Gasteiger partial charge is 0.260 e. The molecule has 2 aromatic heterocycles. The van der Waals surface area contributed by atoms with Gasteiger partial charge in [0.2, 0.25) is 5.91 Å². The van der Waals surface area contributed by atoms with E-state index in [1.165, 1.54) is 28.6 Å². The van der Waals surface area contributed by atoms with E-state index < -0.39 is 0 Å². The molecule has 1 aliphatic carbocycles. The number of carbonyl (C=O) groups excluding carboxylic acids is 1. The molecule has 5 nitrogen and oxygen atoms in total. The molecule has 1 aromatic carbocycles. The Bertz CT molecular complexity index is 1050. The largest absolute Gasteiger partial charge is 0.325 e. The van der Waals surface area contributed by atoms with E-state index in [0.717, 1.165) is 40.7 Å². The first-order valence-corrected chi connectivity index (χ1v) is 10.8. The summed E-state index contributed by atoms with van der Waals surface area (Å²) in [5.74, 6) is -0.114. The van der Waals surface area contributed by atoms with Gasteiger partial charge in [0, 0.05) is 10.6 Å². The van der Waals surface area contributed by atoms with E-state index in [2.05, 4.69) is 15.3 Å². The second-order valence-corrected chi connectivity index (χ2v) is 9.29. The van der Waals surface area contributed by atoms with Crippen LogP contribution >= 0.6 is 23.1 Å². The highest BCUT2D eigenvalue weighted by Gasteiger charge is 2.21. The van der Waals surface area contributed by atoms with E-state index in [0.29, 0.717) is 5.16 Å². The number of rotatable bonds is 4. The fraction of sp³-hybridized carbons (Fsp3) is 0.350. The highest BCUT2D eigenvalue weighted by atomic mass is 32.2. The number of hydrogen-bond acceptors (Lipinski definition) is 5. The van der Waals surface area contributed by atoms with E-state index in [1.54, 1.807) is 11.3 Å². The molecule has 0 spiro atoms. The second-order valence-electron chi connectivity index (χ2n) is 6.88. The Morgan fingerprint density at radius 2 is 2.00 bits per heavy atom. The van der Waals surface area contributed by atoms with Crippen LogP contribution in [0.25, 0.3) is 10.2 Å². The van der Waals surface area contributed by atoms with Crippen molar-refractivity contribution in [2.24, 2.45) is 0 Å². The van der Waals surface area contributed by atoms with Crippen LogP contribution in [0.5, 0.6) is 0 Å². The van der Waals surface area contributed by atoms with Crippen molar-refractivity contribution in [2.45, 2.75) is 49.9 Å². The van der Waals surface area contributed by atoms with Gasteiger partial charge >= 0.3 is 0 Å². The standard InChI is InChI=1S/C20H21N3O2S2/c1-11-7-9-13(10-8-11)21-17(24)12(2)26-20-22-18(25)16-14-5-3-4-6-15(14)27-19(16)23-20/h7-10,12H,3-6H2,1-2H3,(H,21,24)(H,22,23,25)/t12-/m0/s1. The van der Waals surface area contributed by atoms with Crippen LogP contribution in [0.15, 0.2) is 34.2 Å². The van der Waals surface area contributed by atoms with Crippen molar-refractivity contribution in [3.8, 4) is 0 Å². The number of amides is 1. The zero-order valence-electron chi connectivity index (χ0n) is 15.3. The van der Waals surface area contributed by atoms with Crippen LogP contribution in [0.2, 0.25) is 0 Å². The summed E-state index contributed by atoms with van der Waals surface area (Å²) in [5, 5.41) is 3.77. The molecule has 0 radical (unpaired) electrons. The maximum atomic E-state index is 12.6. The SMILES string of the molecule is Cc1ccc(NC(=O)[C@H](C)Sc2nc3sc4c(c3c(=O)[nH]2)CCCC4)cc1. The topological polar surface area (TPSA) is 74.8 Å². The van der Waals surface area contributed by atoms with E-state index >= 15 is 0 Å². The third-order valence-electron chi connectivity index (χ3n) is 4.78. The molecule has 0 aliphatic heterocycles. The van der Waals surface area contributed by atoms with E-state index in [-0.39, 0.29) is 16.7 Å². The number of anilines is 1. The Hall–Kier alpha value is -2.12. The first-order chi connectivity index (χ1) is 13.0. The summed E-state index contributed by atoms with van der Waals surface area (Å²) in [6.45, 7) is 3.82. The molecule has 4 rings (SSSR count). The number of aromatic amines is 1. The van der Waals surface area contributed by atoms with Gasteiger partial charge in [-0.15, -0.1) is 11.3 Å². The number of nitrogens with one attached hydrogen (secondary N) is 2. The summed E-state index contributed by atoms with van der Waals surface area (Å²) in [6.07, 6.45) is 4.30. The lowest BCUT2D eigenvalue weighted by molar-refractivity contribution is -0.115. The van der Waals surface area contributed by atoms with Crippen molar-refractivity contribution in [3.05, 3.63) is 50.6 Å². The summed E-state index contributed by atoms with van der Waals surface area (Å²) < 4.78 is 0. The number of aromatic nitrogens is 2. The Morgan fingerprint density at radius 1 is 1.26 bits per heavy atom. The van der Waals surface area contributed by atoms with Crippen LogP contribution in [0.3, 0.4) is 0 Å². The first kappa shape index (κ1) is 18.3. The number of aryl methyl sites for hydroxylation is 3. The molecule has 0 saturated carbocycles. The molecule has 1 atom stereocenters. The Kier molecular flexibility index (Phi) is 5.06. The number of H-pyrrole nitrogens is 1. The zero-order valence-corrected chi connectivity index (χ0v) is 16.9. The average molecular weight is 400 g/mol. The highest BCUT2D eigenvalue weighted by molar-refractivity contribution is 8.00. The van der Waals surface area contributed by atoms with Crippen molar-refractivity contribution < 1.29 is 4.79 Å². The highest BCUT2D eigenvalue weighted by Crippen LogP contribution is 2.34. The van der Waals surface area contributed by atoms with Gasteiger partial charge in [0.15, 0.2) is 5.16 Å². The molecular weight excluding hydrogens is 378 g/mol. The molecule has 3 aromatic rings. The fourth-order valence-corrected chi connectivity index (χ4v) is 5.42. The van der Waals surface area contributed by atoms with Crippen LogP contribution in [-0.4, -0.2) is 21.1 Å². The normalized spacial score (nSPS) is 14.7. The molecule has 27 heavy (non-hydrogen) atoms. The summed E-state index contributed by atoms with van der Waals surface area (Å²) in [6, 6.07) is 7.68. The molecule has 0 fully saturated rings. The molecule has 140 valence electrons. The Labute approximate surface area is 165 Å². The molecule has 1 aliphatic rings. The van der Waals surface area contributed by atoms with Crippen LogP contribution < -0.4 is 10.9 Å². The van der Waals surface area contributed by atoms with Gasteiger partial charge in [0.25, 0.3) is 5.56 Å². The van der Waals surface area contributed by atoms with E-state index in [4.69, 9.17) is 0 Å². The summed E-state index contributed by atoms with van der Waals surface area (Å²) in [4.78, 5) is 34.6. The maximum absolute atomic E-state index is 12.6. The first-order valence-electron chi connectivity index (χ1n) is 9.10. The molecule has 1 amide bonds. The average Bonchev–Trinajstić information content (AvgIpc) is 3.02. The predicted molar refractivity (Wildman–Crippen MR) is 112 cm³/mol. The van der Waals surface area contributed by atoms with Gasteiger partial charge < -0.3 is 10.3 Å². The van der Waals surface area contributed by atoms with Crippen molar-refractivity contribution >= 4 is 44.9 Å². The van der Waals surface area contributed by atoms with Gasteiger partial charge in [-0.1, -0.05) is 29.5 Å². The Morgan fingerprint density at radius 3 is 2.78 bits per heavy atom. The van der Waals surface area contributed by atoms with E-state index in [9.17, 15) is 9.59 Å². The van der Waals surface area contributed by atoms with Gasteiger partial charge in [0.05, 0.1) is 10.6 Å². The lowest BCUT2D eigenvalue weighted by atomic mass is 9.97. The van der Waals surface area contributed by atoms with Crippen molar-refractivity contribution in [2.75, 3.05) is 5.32 Å². The summed E-state index contributed by atoms with van der Waals surface area (Å²) in [5.41, 5.74) is 3.00. The van der Waals surface area contributed by atoms with Crippen LogP contribution in [0.1, 0.15) is 35.8 Å². The third kappa shape index (κ3) is 3.80. The predicted octanol–water partition coefficient (Wildman–Crippen LogP) is 4.29. The lowest BCUT2D eigenvalue weighted by Gasteiger charge is -2.12. The third-order valence-corrected chi connectivity index (χ3v) is 6.95. The van der Waals surface area contributed by atoms with Gasteiger partial charge in [-0.05, 0) is 57.2 Å². The van der Waals surface area contributed by atoms with Crippen LogP contribution in [0.4, 0.5) is 5.69 Å². The molecule has 0 saturated heterocycles. The van der Waals surface area contributed by atoms with Gasteiger partial charge in [-0.2, -0.15) is 0 Å². The van der Waals surface area contributed by atoms with Crippen molar-refractivity contribution in [1.29, 1.82) is 0 Å². The fourth-order valence-electron chi connectivity index (χ4n) is 3.30. The number of hydrogen-bond donors (Lipinski definition) is 2. The molecule has 2 N–H and O–H groups in total. The summed E-state index contributed by atoms with van der Waals surface area (Å²) >= 11 is 2.90. The molecule has 0 bridgehead atoms. The lowest BCUT2D eigenvalue weighted by Crippen LogP contribution is -2.23. The minimum atomic E-state index is -0.374. The number of thiophene rings is 1. The molecule has 0 unspecified atom stereocenters. The summed E-state index contributed by atoms with van der Waals surface area (Å²) in [7, 11) is 0. The number of carbonyl (C=O) groups is 1. The zero-order chi connectivity index (χ0) is 19.0. The van der Waals surface area contributed by atoms with Crippen molar-refractivity contribution in [1.82, 2.24) is 9.97 Å². The maximum Gasteiger partial charge on any atom is 0.260 e. The van der Waals surface area contributed by atoms with E-state index in [1.807, 2.05) is 38.1 Å². The van der Waals surface area contributed by atoms with Crippen molar-refractivity contribution in [3.63, 3.8) is 0 Å². The molecule has 2 heterocycles. The van der Waals surface area contributed by atoms with Gasteiger partial charge in [-0.25, -0.2) is 4.98 Å². The van der Waals surface area contributed by atoms with Crippen LogP contribution in [0, 0.1) is 6.92 Å². The number of benzene rings is 1. The number of nitrogens with zero attached hydrogens (tertiary/aromatic N) is 1. The minimum absolute atomic E-state index is 0.0898. The molecular formula is C20H21N3O2S2. The minimum Gasteiger partial charge on any atom is -0.325 e. The van der Waals surface area contributed by atoms with Gasteiger partial charge in [0.1, 0.15) is 4.83 Å². The quantitative estimate of drug-likeness (QED) is 0.507. The van der Waals surface area contributed by atoms with Crippen LogP contribution in [-0.2, 0) is 17.6 Å². The second kappa shape index (κ2) is 7.48. The number of thioether (sulfide) groups is 1. The monoisotopic (exact) mass is 399 g/mol. The van der Waals surface area contributed by atoms with Gasteiger partial charge in [-0.3, -0.25) is 9.59 Å². The molecule has 7 heteroatoms. The number of fused-ring (bicyclic) bond motifs is 3.